The number of rotatable bonds is 6. The van der Waals surface area contributed by atoms with E-state index in [1.54, 1.807) is 12.4 Å². The van der Waals surface area contributed by atoms with Crippen LogP contribution in [0.25, 0.3) is 33.3 Å². The molecule has 7 heterocycles. The maximum absolute atomic E-state index is 11.5. The van der Waals surface area contributed by atoms with Crippen molar-refractivity contribution in [2.45, 2.75) is 44.2 Å². The highest BCUT2D eigenvalue weighted by Gasteiger charge is 2.68. The number of carbonyl (C=O) groups is 1. The Morgan fingerprint density at radius 1 is 1.19 bits per heavy atom. The number of amides is 1. The normalized spacial score (nSPS) is 25.1. The number of pyridine rings is 2. The number of hydrogen-bond donors (Lipinski definition) is 2. The summed E-state index contributed by atoms with van der Waals surface area (Å²) in [5.41, 5.74) is 4.12. The van der Waals surface area contributed by atoms with E-state index in [4.69, 9.17) is 24.3 Å². The van der Waals surface area contributed by atoms with Crippen LogP contribution >= 0.6 is 0 Å². The lowest BCUT2D eigenvalue weighted by Crippen LogP contribution is -2.35. The van der Waals surface area contributed by atoms with Crippen molar-refractivity contribution in [2.24, 2.45) is 11.8 Å². The molecule has 2 saturated heterocycles. The van der Waals surface area contributed by atoms with Gasteiger partial charge in [-0.3, -0.25) is 9.97 Å². The Morgan fingerprint density at radius 3 is 2.93 bits per heavy atom. The van der Waals surface area contributed by atoms with Gasteiger partial charge in [0.1, 0.15) is 22.8 Å². The summed E-state index contributed by atoms with van der Waals surface area (Å²) in [7, 11) is 0. The van der Waals surface area contributed by atoms with Crippen molar-refractivity contribution in [3.05, 3.63) is 54.4 Å². The van der Waals surface area contributed by atoms with Crippen LogP contribution in [-0.4, -0.2) is 72.3 Å². The number of aryl methyl sites for hydroxylation is 1. The van der Waals surface area contributed by atoms with Gasteiger partial charge >= 0.3 is 6.09 Å². The lowest BCUT2D eigenvalue weighted by atomic mass is 9.96. The van der Waals surface area contributed by atoms with Crippen LogP contribution in [0, 0.1) is 18.8 Å². The molecule has 2 aliphatic heterocycles. The molecule has 13 heteroatoms. The second-order valence-electron chi connectivity index (χ2n) is 11.7. The number of nitrogens with one attached hydrogen (secondary N) is 1. The Labute approximate surface area is 246 Å². The van der Waals surface area contributed by atoms with Gasteiger partial charge in [-0.05, 0) is 50.5 Å². The number of ether oxygens (including phenoxy) is 1. The van der Waals surface area contributed by atoms with Crippen LogP contribution in [0.4, 0.5) is 10.6 Å². The van der Waals surface area contributed by atoms with E-state index >= 15 is 0 Å². The molecule has 3 aliphatic rings. The Kier molecular flexibility index (Phi) is 6.03. The summed E-state index contributed by atoms with van der Waals surface area (Å²) in [4.78, 5) is 32.7. The summed E-state index contributed by atoms with van der Waals surface area (Å²) in [5, 5.41) is 22.3. The zero-order chi connectivity index (χ0) is 29.1. The van der Waals surface area contributed by atoms with Crippen LogP contribution in [0.3, 0.4) is 0 Å². The molecule has 1 saturated carbocycles. The topological polar surface area (TPSA) is 157 Å². The fourth-order valence-corrected chi connectivity index (χ4v) is 7.26. The molecule has 13 nitrogen and oxygen atoms in total. The lowest BCUT2D eigenvalue weighted by molar-refractivity contribution is -0.0368. The van der Waals surface area contributed by atoms with Crippen LogP contribution in [0.1, 0.15) is 43.4 Å². The van der Waals surface area contributed by atoms with Crippen molar-refractivity contribution in [1.82, 2.24) is 40.2 Å². The first-order valence-electron chi connectivity index (χ1n) is 14.7. The average Bonchev–Trinajstić information content (AvgIpc) is 3.26. The van der Waals surface area contributed by atoms with Gasteiger partial charge in [-0.2, -0.15) is 5.10 Å². The molecule has 0 bridgehead atoms. The smallest absolute Gasteiger partial charge is 0.404 e. The van der Waals surface area contributed by atoms with Crippen LogP contribution in [0.2, 0.25) is 0 Å². The zero-order valence-electron chi connectivity index (χ0n) is 23.7. The van der Waals surface area contributed by atoms with Crippen LogP contribution in [0.15, 0.2) is 47.5 Å². The minimum Gasteiger partial charge on any atom is -0.465 e. The van der Waals surface area contributed by atoms with E-state index in [1.807, 2.05) is 42.2 Å². The number of piperidine rings is 1. The third-order valence-corrected chi connectivity index (χ3v) is 9.39. The molecule has 5 aromatic heterocycles. The molecule has 1 amide bonds. The van der Waals surface area contributed by atoms with Crippen molar-refractivity contribution in [3.8, 4) is 11.3 Å². The van der Waals surface area contributed by atoms with Gasteiger partial charge in [0.05, 0.1) is 23.6 Å². The number of fused-ring (bicyclic) bond motifs is 3. The fraction of sp³-hybridized carbons (Fsp3) is 0.433. The van der Waals surface area contributed by atoms with E-state index in [0.29, 0.717) is 48.2 Å². The highest BCUT2D eigenvalue weighted by molar-refractivity contribution is 5.99. The first-order chi connectivity index (χ1) is 21.0. The van der Waals surface area contributed by atoms with E-state index in [-0.39, 0.29) is 12.1 Å². The number of carboxylic acid groups (broad SMARTS) is 1. The van der Waals surface area contributed by atoms with Crippen molar-refractivity contribution in [2.75, 3.05) is 31.1 Å². The monoisotopic (exact) mass is 581 g/mol. The zero-order valence-corrected chi connectivity index (χ0v) is 23.7. The summed E-state index contributed by atoms with van der Waals surface area (Å²) in [5.74, 6) is 1.98. The van der Waals surface area contributed by atoms with Crippen molar-refractivity contribution in [1.29, 1.82) is 0 Å². The number of aromatic nitrogens is 7. The van der Waals surface area contributed by atoms with Crippen LogP contribution in [-0.2, 0) is 10.2 Å². The highest BCUT2D eigenvalue weighted by Crippen LogP contribution is 2.63. The van der Waals surface area contributed by atoms with E-state index in [1.165, 1.54) is 0 Å². The molecular formula is C30H31N9O4. The van der Waals surface area contributed by atoms with Gasteiger partial charge in [0.25, 0.3) is 0 Å². The molecule has 220 valence electrons. The Morgan fingerprint density at radius 2 is 2.12 bits per heavy atom. The quantitative estimate of drug-likeness (QED) is 0.297. The Bertz CT molecular complexity index is 1840. The second-order valence-corrected chi connectivity index (χ2v) is 11.7. The second kappa shape index (κ2) is 9.97. The molecule has 2 N–H and O–H groups in total. The van der Waals surface area contributed by atoms with Crippen molar-refractivity contribution in [3.63, 3.8) is 0 Å². The third-order valence-electron chi connectivity index (χ3n) is 9.39. The van der Waals surface area contributed by atoms with Crippen molar-refractivity contribution < 1.29 is 19.2 Å². The van der Waals surface area contributed by atoms with Gasteiger partial charge in [-0.1, -0.05) is 11.2 Å². The SMILES string of the molecule is Cc1cc([C@@]2(CNC(=O)O)[C@@H]3CCN(c4cnc5c(-c6cncc7ncccc67)nn(C6CCCCO6)c5n4)C[C@@H]32)no1. The molecule has 3 fully saturated rings. The molecule has 43 heavy (non-hydrogen) atoms. The first kappa shape index (κ1) is 26.0. The number of nitrogens with zero attached hydrogens (tertiary/aromatic N) is 8. The maximum Gasteiger partial charge on any atom is 0.404 e. The van der Waals surface area contributed by atoms with Gasteiger partial charge in [0, 0.05) is 61.1 Å². The van der Waals surface area contributed by atoms with E-state index in [9.17, 15) is 9.90 Å². The summed E-state index contributed by atoms with van der Waals surface area (Å²) >= 11 is 0. The fourth-order valence-electron chi connectivity index (χ4n) is 7.26. The molecule has 4 atom stereocenters. The first-order valence-corrected chi connectivity index (χ1v) is 14.7. The maximum atomic E-state index is 11.5. The van der Waals surface area contributed by atoms with Gasteiger partial charge in [0.2, 0.25) is 0 Å². The highest BCUT2D eigenvalue weighted by atomic mass is 16.5. The molecule has 0 radical (unpaired) electrons. The number of anilines is 1. The molecular weight excluding hydrogens is 550 g/mol. The molecule has 8 rings (SSSR count). The van der Waals surface area contributed by atoms with Gasteiger partial charge in [-0.15, -0.1) is 0 Å². The Hall–Kier alpha value is -4.65. The summed E-state index contributed by atoms with van der Waals surface area (Å²) < 4.78 is 13.5. The molecule has 5 aromatic rings. The van der Waals surface area contributed by atoms with Gasteiger partial charge in [0.15, 0.2) is 11.9 Å². The van der Waals surface area contributed by atoms with Crippen LogP contribution < -0.4 is 10.2 Å². The summed E-state index contributed by atoms with van der Waals surface area (Å²) in [6.45, 7) is 4.31. The third kappa shape index (κ3) is 4.21. The molecule has 1 aliphatic carbocycles. The minimum atomic E-state index is -1.04. The molecule has 1 unspecified atom stereocenters. The lowest BCUT2D eigenvalue weighted by Gasteiger charge is -2.27. The predicted octanol–water partition coefficient (Wildman–Crippen LogP) is 4.09. The van der Waals surface area contributed by atoms with E-state index < -0.39 is 11.5 Å². The predicted molar refractivity (Wildman–Crippen MR) is 155 cm³/mol. The Balaban J connectivity index is 1.17. The number of hydrogen-bond acceptors (Lipinski definition) is 10. The summed E-state index contributed by atoms with van der Waals surface area (Å²) in [6.07, 6.45) is 9.67. The van der Waals surface area contributed by atoms with Crippen molar-refractivity contribution >= 4 is 34.0 Å². The van der Waals surface area contributed by atoms with E-state index in [0.717, 1.165) is 60.2 Å². The van der Waals surface area contributed by atoms with Gasteiger partial charge < -0.3 is 24.6 Å². The van der Waals surface area contributed by atoms with Gasteiger partial charge in [-0.25, -0.2) is 19.4 Å². The standard InChI is InChI=1S/C30H31N9O4/c1-17-11-23(37-43-17)30(16-34-29(40)41)20-7-9-38(15-21(20)30)24-14-33-27-26(19-12-31-13-22-18(19)5-4-8-32-22)36-39(28(27)35-24)25-6-2-3-10-42-25/h4-5,8,11-14,20-21,25,34H,2-3,6-7,9-10,15-16H2,1H3,(H,40,41)/t20-,21+,25?,30+/m1/s1. The molecule has 0 aromatic carbocycles. The molecule has 0 spiro atoms. The largest absolute Gasteiger partial charge is 0.465 e. The van der Waals surface area contributed by atoms with E-state index in [2.05, 4.69) is 25.3 Å². The van der Waals surface area contributed by atoms with Crippen LogP contribution in [0.5, 0.6) is 0 Å². The minimum absolute atomic E-state index is 0.200. The summed E-state index contributed by atoms with van der Waals surface area (Å²) in [6, 6.07) is 5.86. The average molecular weight is 582 g/mol.